The van der Waals surface area contributed by atoms with Gasteiger partial charge in [0.25, 0.3) is 11.8 Å². The molecule has 0 spiro atoms. The molecule has 2 rings (SSSR count). The first kappa shape index (κ1) is 12.5. The van der Waals surface area contributed by atoms with Gasteiger partial charge in [0.05, 0.1) is 0 Å². The Hall–Kier alpha value is -1.92. The number of amides is 2. The summed E-state index contributed by atoms with van der Waals surface area (Å²) in [5, 5.41) is 0.464. The molecule has 0 N–H and O–H groups in total. The van der Waals surface area contributed by atoms with Gasteiger partial charge in [0.1, 0.15) is 0 Å². The molecular weight excluding hydrogens is 242 g/mol. The van der Waals surface area contributed by atoms with Crippen molar-refractivity contribution in [2.45, 2.75) is 44.6 Å². The van der Waals surface area contributed by atoms with Gasteiger partial charge < -0.3 is 9.57 Å². The van der Waals surface area contributed by atoms with Gasteiger partial charge in [-0.1, -0.05) is 0 Å². The van der Waals surface area contributed by atoms with Crippen molar-refractivity contribution < 1.29 is 28.8 Å². The van der Waals surface area contributed by atoms with Gasteiger partial charge in [0.15, 0.2) is 0 Å². The number of carbonyl (C=O) groups excluding carboxylic acids is 4. The number of hydrogen-bond donors (Lipinski definition) is 0. The lowest BCUT2D eigenvalue weighted by Crippen LogP contribution is -2.52. The number of hydroxylamine groups is 2. The Kier molecular flexibility index (Phi) is 3.06. The predicted octanol–water partition coefficient (Wildman–Crippen LogP) is 0.0794. The molecule has 7 heteroatoms. The molecule has 7 nitrogen and oxygen atoms in total. The van der Waals surface area contributed by atoms with Gasteiger partial charge in [-0.05, 0) is 19.3 Å². The second-order valence-corrected chi connectivity index (χ2v) is 4.40. The lowest BCUT2D eigenvalue weighted by Gasteiger charge is -2.37. The van der Waals surface area contributed by atoms with Crippen molar-refractivity contribution >= 4 is 23.8 Å². The van der Waals surface area contributed by atoms with E-state index < -0.39 is 29.4 Å². The fourth-order valence-electron chi connectivity index (χ4n) is 1.94. The van der Waals surface area contributed by atoms with Crippen molar-refractivity contribution in [3.63, 3.8) is 0 Å². The Labute approximate surface area is 103 Å². The van der Waals surface area contributed by atoms with Crippen LogP contribution in [0.3, 0.4) is 0 Å². The highest BCUT2D eigenvalue weighted by atomic mass is 16.7. The van der Waals surface area contributed by atoms with E-state index in [2.05, 4.69) is 0 Å². The molecule has 1 heterocycles. The first-order valence-corrected chi connectivity index (χ1v) is 5.72. The maximum absolute atomic E-state index is 11.9. The van der Waals surface area contributed by atoms with Gasteiger partial charge in [-0.3, -0.25) is 14.4 Å². The Morgan fingerprint density at radius 3 is 2.11 bits per heavy atom. The number of carbonyl (C=O) groups is 4. The van der Waals surface area contributed by atoms with Crippen LogP contribution >= 0.6 is 0 Å². The average Bonchev–Trinajstić information content (AvgIpc) is 2.54. The minimum Gasteiger partial charge on any atom is -0.447 e. The average molecular weight is 255 g/mol. The zero-order chi connectivity index (χ0) is 13.3. The molecule has 1 saturated heterocycles. The van der Waals surface area contributed by atoms with Gasteiger partial charge in [0, 0.05) is 19.8 Å². The number of ether oxygens (including phenoxy) is 1. The molecule has 2 aliphatic rings. The minimum absolute atomic E-state index is 0.0344. The highest BCUT2D eigenvalue weighted by molar-refractivity contribution is 6.02. The van der Waals surface area contributed by atoms with Crippen LogP contribution in [-0.4, -0.2) is 34.4 Å². The molecule has 1 aliphatic heterocycles. The topological polar surface area (TPSA) is 90.0 Å². The van der Waals surface area contributed by atoms with E-state index in [0.717, 1.165) is 6.42 Å². The smallest absolute Gasteiger partial charge is 0.376 e. The van der Waals surface area contributed by atoms with E-state index in [1.54, 1.807) is 0 Å². The van der Waals surface area contributed by atoms with Crippen molar-refractivity contribution in [3.8, 4) is 0 Å². The maximum atomic E-state index is 11.9. The monoisotopic (exact) mass is 255 g/mol. The van der Waals surface area contributed by atoms with Crippen LogP contribution in [0.25, 0.3) is 0 Å². The summed E-state index contributed by atoms with van der Waals surface area (Å²) >= 11 is 0. The first-order valence-electron chi connectivity index (χ1n) is 5.72. The van der Waals surface area contributed by atoms with Crippen LogP contribution in [0.2, 0.25) is 0 Å². The van der Waals surface area contributed by atoms with Crippen LogP contribution in [0.1, 0.15) is 39.0 Å². The van der Waals surface area contributed by atoms with Crippen molar-refractivity contribution in [2.75, 3.05) is 0 Å². The molecule has 18 heavy (non-hydrogen) atoms. The second-order valence-electron chi connectivity index (χ2n) is 4.40. The molecule has 1 saturated carbocycles. The summed E-state index contributed by atoms with van der Waals surface area (Å²) in [5.74, 6) is -2.55. The fraction of sp³-hybridized carbons (Fsp3) is 0.636. The summed E-state index contributed by atoms with van der Waals surface area (Å²) in [7, 11) is 0. The van der Waals surface area contributed by atoms with Crippen LogP contribution in [0.15, 0.2) is 0 Å². The van der Waals surface area contributed by atoms with E-state index in [-0.39, 0.29) is 12.8 Å². The highest BCUT2D eigenvalue weighted by Crippen LogP contribution is 2.37. The lowest BCUT2D eigenvalue weighted by molar-refractivity contribution is -0.221. The molecule has 0 aromatic heterocycles. The summed E-state index contributed by atoms with van der Waals surface area (Å²) in [6.07, 6.45) is 1.49. The van der Waals surface area contributed by atoms with Crippen LogP contribution in [0, 0.1) is 0 Å². The van der Waals surface area contributed by atoms with Gasteiger partial charge >= 0.3 is 11.9 Å². The quantitative estimate of drug-likeness (QED) is 0.524. The van der Waals surface area contributed by atoms with Crippen LogP contribution in [0.4, 0.5) is 0 Å². The zero-order valence-corrected chi connectivity index (χ0v) is 9.93. The molecular formula is C11H13NO6. The summed E-state index contributed by atoms with van der Waals surface area (Å²) in [6.45, 7) is 1.19. The van der Waals surface area contributed by atoms with E-state index in [9.17, 15) is 19.2 Å². The van der Waals surface area contributed by atoms with Crippen LogP contribution in [0.5, 0.6) is 0 Å². The maximum Gasteiger partial charge on any atom is 0.376 e. The van der Waals surface area contributed by atoms with E-state index in [1.165, 1.54) is 6.92 Å². The van der Waals surface area contributed by atoms with Gasteiger partial charge in [0.2, 0.25) is 5.60 Å². The van der Waals surface area contributed by atoms with Crippen LogP contribution in [-0.2, 0) is 28.8 Å². The molecule has 0 unspecified atom stereocenters. The SMILES string of the molecule is CC(=O)OC1(C(=O)ON2C(=O)CCC2=O)CCC1. The summed E-state index contributed by atoms with van der Waals surface area (Å²) in [4.78, 5) is 50.2. The molecule has 0 radical (unpaired) electrons. The summed E-state index contributed by atoms with van der Waals surface area (Å²) in [5.41, 5.74) is -1.32. The van der Waals surface area contributed by atoms with E-state index >= 15 is 0 Å². The Balaban J connectivity index is 2.04. The fourth-order valence-corrected chi connectivity index (χ4v) is 1.94. The lowest BCUT2D eigenvalue weighted by atomic mass is 9.80. The number of rotatable bonds is 3. The summed E-state index contributed by atoms with van der Waals surface area (Å²) in [6, 6.07) is 0. The molecule has 2 amide bonds. The van der Waals surface area contributed by atoms with Crippen LogP contribution < -0.4 is 0 Å². The third kappa shape index (κ3) is 2.07. The Morgan fingerprint density at radius 1 is 1.17 bits per heavy atom. The standard InChI is InChI=1S/C11H13NO6/c1-7(13)17-11(5-2-6-11)10(16)18-12-8(14)3-4-9(12)15/h2-6H2,1H3. The second kappa shape index (κ2) is 4.40. The normalized spacial score (nSPS) is 21.5. The van der Waals surface area contributed by atoms with Gasteiger partial charge in [-0.25, -0.2) is 4.79 Å². The van der Waals surface area contributed by atoms with Gasteiger partial charge in [-0.2, -0.15) is 0 Å². The highest BCUT2D eigenvalue weighted by Gasteiger charge is 2.51. The minimum atomic E-state index is -1.32. The predicted molar refractivity (Wildman–Crippen MR) is 55.5 cm³/mol. The molecule has 0 bridgehead atoms. The third-order valence-electron chi connectivity index (χ3n) is 3.05. The summed E-state index contributed by atoms with van der Waals surface area (Å²) < 4.78 is 4.95. The number of imide groups is 1. The Morgan fingerprint density at radius 2 is 1.72 bits per heavy atom. The van der Waals surface area contributed by atoms with Crippen molar-refractivity contribution in [1.29, 1.82) is 0 Å². The zero-order valence-electron chi connectivity index (χ0n) is 9.93. The van der Waals surface area contributed by atoms with E-state index in [4.69, 9.17) is 9.57 Å². The van der Waals surface area contributed by atoms with Crippen molar-refractivity contribution in [2.24, 2.45) is 0 Å². The van der Waals surface area contributed by atoms with E-state index in [1.807, 2.05) is 0 Å². The Bertz CT molecular complexity index is 409. The molecule has 0 aromatic rings. The van der Waals surface area contributed by atoms with Gasteiger partial charge in [-0.15, -0.1) is 5.06 Å². The third-order valence-corrected chi connectivity index (χ3v) is 3.05. The molecule has 0 atom stereocenters. The number of hydrogen-bond acceptors (Lipinski definition) is 6. The molecule has 1 aliphatic carbocycles. The molecule has 98 valence electrons. The number of nitrogens with zero attached hydrogens (tertiary/aromatic N) is 1. The van der Waals surface area contributed by atoms with Crippen molar-refractivity contribution in [1.82, 2.24) is 5.06 Å². The number of esters is 1. The largest absolute Gasteiger partial charge is 0.447 e. The molecule has 0 aromatic carbocycles. The van der Waals surface area contributed by atoms with Crippen molar-refractivity contribution in [3.05, 3.63) is 0 Å². The first-order chi connectivity index (χ1) is 8.44. The molecule has 2 fully saturated rings. The van der Waals surface area contributed by atoms with E-state index in [0.29, 0.717) is 17.9 Å².